The van der Waals surface area contributed by atoms with Gasteiger partial charge in [-0.25, -0.2) is 14.2 Å². The molecule has 2 heterocycles. The zero-order chi connectivity index (χ0) is 33.3. The standard InChI is InChI=1S/C38H42FN5O4/c39-31-24-35(36(45)42-33-15-13-32(40)14-16-33)37(41-25-31)48-34-8-4-7-30(23-34)29-11-9-27(10-12-29)17-18-43-19-21-44(22-20-43)38(46)47-26-28-5-2-1-3-6-28/h1-12,23-25,32-33H,13-22,26,40H2,(H,42,45). The molecule has 0 bridgehead atoms. The minimum absolute atomic E-state index is 0.00827. The number of carbonyl (C=O) groups excluding carboxylic acids is 2. The van der Waals surface area contributed by atoms with Crippen LogP contribution in [0.4, 0.5) is 9.18 Å². The van der Waals surface area contributed by atoms with Crippen molar-refractivity contribution in [3.63, 3.8) is 0 Å². The Bertz CT molecular complexity index is 1670. The number of benzene rings is 3. The predicted octanol–water partition coefficient (Wildman–Crippen LogP) is 6.18. The van der Waals surface area contributed by atoms with E-state index in [0.717, 1.165) is 80.7 Å². The summed E-state index contributed by atoms with van der Waals surface area (Å²) in [5, 5.41) is 2.99. The molecule has 2 amide bonds. The molecule has 2 aliphatic rings. The average molecular weight is 652 g/mol. The van der Waals surface area contributed by atoms with Crippen LogP contribution in [0.25, 0.3) is 11.1 Å². The van der Waals surface area contributed by atoms with Crippen LogP contribution in [-0.2, 0) is 17.8 Å². The second kappa shape index (κ2) is 15.9. The minimum Gasteiger partial charge on any atom is -0.445 e. The van der Waals surface area contributed by atoms with Crippen LogP contribution < -0.4 is 15.8 Å². The van der Waals surface area contributed by atoms with Gasteiger partial charge in [-0.3, -0.25) is 9.69 Å². The first-order chi connectivity index (χ1) is 23.4. The number of piperazine rings is 1. The molecule has 48 heavy (non-hydrogen) atoms. The molecule has 6 rings (SSSR count). The molecule has 1 saturated heterocycles. The van der Waals surface area contributed by atoms with E-state index in [1.165, 1.54) is 5.56 Å². The number of hydrogen-bond donors (Lipinski definition) is 2. The third kappa shape index (κ3) is 8.96. The van der Waals surface area contributed by atoms with Gasteiger partial charge in [-0.1, -0.05) is 66.7 Å². The highest BCUT2D eigenvalue weighted by molar-refractivity contribution is 5.96. The fourth-order valence-corrected chi connectivity index (χ4v) is 6.16. The van der Waals surface area contributed by atoms with Crippen LogP contribution in [0.5, 0.6) is 11.6 Å². The molecule has 0 atom stereocenters. The van der Waals surface area contributed by atoms with Gasteiger partial charge in [0.25, 0.3) is 5.91 Å². The second-order valence-electron chi connectivity index (χ2n) is 12.5. The molecule has 2 fully saturated rings. The summed E-state index contributed by atoms with van der Waals surface area (Å²) >= 11 is 0. The smallest absolute Gasteiger partial charge is 0.410 e. The maximum absolute atomic E-state index is 14.1. The number of rotatable bonds is 10. The summed E-state index contributed by atoms with van der Waals surface area (Å²) in [5.74, 6) is -0.462. The molecule has 9 nitrogen and oxygen atoms in total. The number of pyridine rings is 1. The van der Waals surface area contributed by atoms with Crippen LogP contribution >= 0.6 is 0 Å². The van der Waals surface area contributed by atoms with E-state index in [2.05, 4.69) is 39.5 Å². The van der Waals surface area contributed by atoms with Gasteiger partial charge in [-0.15, -0.1) is 0 Å². The van der Waals surface area contributed by atoms with Crippen molar-refractivity contribution < 1.29 is 23.5 Å². The summed E-state index contributed by atoms with van der Waals surface area (Å²) in [7, 11) is 0. The van der Waals surface area contributed by atoms with Crippen molar-refractivity contribution in [3.05, 3.63) is 114 Å². The van der Waals surface area contributed by atoms with E-state index in [1.807, 2.05) is 48.5 Å². The lowest BCUT2D eigenvalue weighted by molar-refractivity contribution is 0.0719. The number of nitrogens with zero attached hydrogens (tertiary/aromatic N) is 3. The lowest BCUT2D eigenvalue weighted by Crippen LogP contribution is -2.49. The average Bonchev–Trinajstić information content (AvgIpc) is 3.12. The first-order valence-corrected chi connectivity index (χ1v) is 16.7. The van der Waals surface area contributed by atoms with Gasteiger partial charge < -0.3 is 25.4 Å². The largest absolute Gasteiger partial charge is 0.445 e. The molecule has 1 aliphatic carbocycles. The first kappa shape index (κ1) is 33.1. The number of nitrogens with one attached hydrogen (secondary N) is 1. The Balaban J connectivity index is 0.997. The maximum Gasteiger partial charge on any atom is 0.410 e. The van der Waals surface area contributed by atoms with Gasteiger partial charge in [0.1, 0.15) is 23.7 Å². The minimum atomic E-state index is -0.603. The molecule has 0 spiro atoms. The Morgan fingerprint density at radius 1 is 0.854 bits per heavy atom. The zero-order valence-corrected chi connectivity index (χ0v) is 27.0. The summed E-state index contributed by atoms with van der Waals surface area (Å²) < 4.78 is 25.7. The lowest BCUT2D eigenvalue weighted by Gasteiger charge is -2.34. The highest BCUT2D eigenvalue weighted by Gasteiger charge is 2.24. The molecular formula is C38H42FN5O4. The third-order valence-corrected chi connectivity index (χ3v) is 9.06. The quantitative estimate of drug-likeness (QED) is 0.211. The van der Waals surface area contributed by atoms with E-state index in [-0.39, 0.29) is 36.2 Å². The monoisotopic (exact) mass is 651 g/mol. The van der Waals surface area contributed by atoms with Crippen molar-refractivity contribution in [1.82, 2.24) is 20.1 Å². The number of ether oxygens (including phenoxy) is 2. The second-order valence-corrected chi connectivity index (χ2v) is 12.5. The van der Waals surface area contributed by atoms with Crippen LogP contribution in [0.2, 0.25) is 0 Å². The summed E-state index contributed by atoms with van der Waals surface area (Å²) in [4.78, 5) is 33.8. The highest BCUT2D eigenvalue weighted by Crippen LogP contribution is 2.29. The van der Waals surface area contributed by atoms with Gasteiger partial charge in [-0.2, -0.15) is 0 Å². The van der Waals surface area contributed by atoms with Crippen molar-refractivity contribution in [1.29, 1.82) is 0 Å². The summed E-state index contributed by atoms with van der Waals surface area (Å²) in [6, 6.07) is 27.0. The van der Waals surface area contributed by atoms with E-state index in [9.17, 15) is 14.0 Å². The zero-order valence-electron chi connectivity index (χ0n) is 27.0. The first-order valence-electron chi connectivity index (χ1n) is 16.7. The van der Waals surface area contributed by atoms with Crippen molar-refractivity contribution in [2.75, 3.05) is 32.7 Å². The van der Waals surface area contributed by atoms with Crippen molar-refractivity contribution in [3.8, 4) is 22.8 Å². The Hall–Kier alpha value is -4.80. The molecule has 1 saturated carbocycles. The fraction of sp³-hybridized carbons (Fsp3) is 0.342. The molecule has 0 unspecified atom stereocenters. The van der Waals surface area contributed by atoms with Gasteiger partial charge in [0.2, 0.25) is 5.88 Å². The number of aromatic nitrogens is 1. The topological polar surface area (TPSA) is 110 Å². The van der Waals surface area contributed by atoms with Crippen molar-refractivity contribution >= 4 is 12.0 Å². The molecule has 10 heteroatoms. The van der Waals surface area contributed by atoms with Gasteiger partial charge in [0.15, 0.2) is 0 Å². The predicted molar refractivity (Wildman–Crippen MR) is 182 cm³/mol. The fourth-order valence-electron chi connectivity index (χ4n) is 6.16. The molecule has 4 aromatic rings. The number of nitrogens with two attached hydrogens (primary N) is 1. The van der Waals surface area contributed by atoms with Gasteiger partial charge >= 0.3 is 6.09 Å². The molecular weight excluding hydrogens is 609 g/mol. The molecule has 1 aliphatic heterocycles. The SMILES string of the molecule is NC1CCC(NC(=O)c2cc(F)cnc2Oc2cccc(-c3ccc(CCN4CCN(C(=O)OCc5ccccc5)CC4)cc3)c2)CC1. The lowest BCUT2D eigenvalue weighted by atomic mass is 9.91. The number of amides is 2. The van der Waals surface area contributed by atoms with Crippen LogP contribution in [0.15, 0.2) is 91.1 Å². The number of carbonyl (C=O) groups is 2. The Labute approximate surface area is 280 Å². The molecule has 250 valence electrons. The summed E-state index contributed by atoms with van der Waals surface area (Å²) in [6.45, 7) is 4.12. The van der Waals surface area contributed by atoms with E-state index in [1.54, 1.807) is 11.0 Å². The van der Waals surface area contributed by atoms with Crippen LogP contribution in [-0.4, -0.2) is 71.6 Å². The van der Waals surface area contributed by atoms with E-state index < -0.39 is 11.7 Å². The molecule has 0 radical (unpaired) electrons. The van der Waals surface area contributed by atoms with Crippen LogP contribution in [0.1, 0.15) is 47.2 Å². The van der Waals surface area contributed by atoms with Crippen molar-refractivity contribution in [2.45, 2.75) is 50.8 Å². The Morgan fingerprint density at radius 3 is 2.35 bits per heavy atom. The normalized spacial score (nSPS) is 18.2. The van der Waals surface area contributed by atoms with Gasteiger partial charge in [-0.05, 0) is 72.6 Å². The van der Waals surface area contributed by atoms with Gasteiger partial charge in [0, 0.05) is 44.8 Å². The number of halogens is 1. The molecule has 3 aromatic carbocycles. The third-order valence-electron chi connectivity index (χ3n) is 9.06. The van der Waals surface area contributed by atoms with Crippen LogP contribution in [0, 0.1) is 5.82 Å². The number of hydrogen-bond acceptors (Lipinski definition) is 7. The maximum atomic E-state index is 14.1. The van der Waals surface area contributed by atoms with Crippen molar-refractivity contribution in [2.24, 2.45) is 5.73 Å². The Morgan fingerprint density at radius 2 is 1.60 bits per heavy atom. The van der Waals surface area contributed by atoms with E-state index in [0.29, 0.717) is 18.8 Å². The van der Waals surface area contributed by atoms with E-state index >= 15 is 0 Å². The molecule has 3 N–H and O–H groups in total. The van der Waals surface area contributed by atoms with Gasteiger partial charge in [0.05, 0.1) is 6.20 Å². The molecule has 1 aromatic heterocycles. The van der Waals surface area contributed by atoms with Crippen LogP contribution in [0.3, 0.4) is 0 Å². The van der Waals surface area contributed by atoms with E-state index in [4.69, 9.17) is 15.2 Å². The summed E-state index contributed by atoms with van der Waals surface area (Å²) in [6.07, 6.45) is 4.96. The summed E-state index contributed by atoms with van der Waals surface area (Å²) in [5.41, 5.74) is 10.2. The highest BCUT2D eigenvalue weighted by atomic mass is 19.1. The Kier molecular flexibility index (Phi) is 10.9.